The van der Waals surface area contributed by atoms with Gasteiger partial charge >= 0.3 is 0 Å². The molecular formula is C16H20N4O. The number of hydrogen-bond acceptors (Lipinski definition) is 3. The van der Waals surface area contributed by atoms with Gasteiger partial charge in [0.15, 0.2) is 0 Å². The van der Waals surface area contributed by atoms with Crippen molar-refractivity contribution in [3.8, 4) is 0 Å². The Morgan fingerprint density at radius 2 is 2.19 bits per heavy atom. The Morgan fingerprint density at radius 3 is 2.95 bits per heavy atom. The second-order valence-corrected chi connectivity index (χ2v) is 5.60. The van der Waals surface area contributed by atoms with E-state index in [9.17, 15) is 4.79 Å². The third-order valence-corrected chi connectivity index (χ3v) is 4.06. The maximum atomic E-state index is 12.2. The number of benzene rings is 1. The molecule has 0 saturated heterocycles. The van der Waals surface area contributed by atoms with E-state index < -0.39 is 0 Å². The zero-order chi connectivity index (χ0) is 14.8. The first-order valence-corrected chi connectivity index (χ1v) is 7.28. The highest BCUT2D eigenvalue weighted by atomic mass is 16.1. The molecule has 1 aliphatic carbocycles. The summed E-state index contributed by atoms with van der Waals surface area (Å²) in [5.41, 5.74) is 9.74. The third-order valence-electron chi connectivity index (χ3n) is 4.06. The van der Waals surface area contributed by atoms with Gasteiger partial charge in [0, 0.05) is 24.0 Å². The minimum atomic E-state index is 0.0430. The third kappa shape index (κ3) is 2.91. The van der Waals surface area contributed by atoms with Crippen LogP contribution in [0.2, 0.25) is 0 Å². The summed E-state index contributed by atoms with van der Waals surface area (Å²) in [7, 11) is 1.96. The smallest absolute Gasteiger partial charge is 0.224 e. The van der Waals surface area contributed by atoms with Crippen molar-refractivity contribution in [2.45, 2.75) is 31.7 Å². The molecule has 0 radical (unpaired) electrons. The number of carbonyl (C=O) groups is 1. The number of nitrogens with zero attached hydrogens (tertiary/aromatic N) is 2. The van der Waals surface area contributed by atoms with Gasteiger partial charge in [-0.1, -0.05) is 12.1 Å². The average molecular weight is 284 g/mol. The highest BCUT2D eigenvalue weighted by molar-refractivity contribution is 5.79. The molecule has 1 unspecified atom stereocenters. The summed E-state index contributed by atoms with van der Waals surface area (Å²) >= 11 is 0. The number of rotatable bonds is 3. The summed E-state index contributed by atoms with van der Waals surface area (Å²) in [4.78, 5) is 12.2. The second kappa shape index (κ2) is 5.60. The lowest BCUT2D eigenvalue weighted by Crippen LogP contribution is -2.32. The number of hydrogen-bond donors (Lipinski definition) is 2. The first-order chi connectivity index (χ1) is 10.1. The van der Waals surface area contributed by atoms with Gasteiger partial charge in [0.2, 0.25) is 5.91 Å². The highest BCUT2D eigenvalue weighted by Gasteiger charge is 2.24. The number of nitrogens with two attached hydrogens (primary N) is 1. The van der Waals surface area contributed by atoms with Gasteiger partial charge in [-0.3, -0.25) is 9.48 Å². The van der Waals surface area contributed by atoms with Crippen LogP contribution in [0.4, 0.5) is 5.69 Å². The van der Waals surface area contributed by atoms with E-state index in [0.29, 0.717) is 12.1 Å². The fraction of sp³-hybridized carbons (Fsp3) is 0.375. The van der Waals surface area contributed by atoms with Crippen LogP contribution in [0.1, 0.15) is 35.7 Å². The zero-order valence-electron chi connectivity index (χ0n) is 12.2. The monoisotopic (exact) mass is 284 g/mol. The summed E-state index contributed by atoms with van der Waals surface area (Å²) in [6.07, 6.45) is 5.36. The highest BCUT2D eigenvalue weighted by Crippen LogP contribution is 2.29. The van der Waals surface area contributed by atoms with E-state index >= 15 is 0 Å². The molecule has 110 valence electrons. The SMILES string of the molecule is Cn1ncc2c1CCCC2NC(=O)Cc1ccc(N)cc1. The normalized spacial score (nSPS) is 17.3. The van der Waals surface area contributed by atoms with Crippen LogP contribution in [0.5, 0.6) is 0 Å². The Kier molecular flexibility index (Phi) is 3.64. The summed E-state index contributed by atoms with van der Waals surface area (Å²) in [6.45, 7) is 0. The van der Waals surface area contributed by atoms with Gasteiger partial charge in [-0.05, 0) is 37.0 Å². The van der Waals surface area contributed by atoms with Gasteiger partial charge in [-0.15, -0.1) is 0 Å². The van der Waals surface area contributed by atoms with E-state index in [-0.39, 0.29) is 11.9 Å². The van der Waals surface area contributed by atoms with Gasteiger partial charge < -0.3 is 11.1 Å². The molecule has 3 rings (SSSR count). The second-order valence-electron chi connectivity index (χ2n) is 5.60. The molecule has 1 amide bonds. The Labute approximate surface area is 124 Å². The molecule has 3 N–H and O–H groups in total. The Hall–Kier alpha value is -2.30. The quantitative estimate of drug-likeness (QED) is 0.843. The molecule has 1 aliphatic rings. The predicted octanol–water partition coefficient (Wildman–Crippen LogP) is 1.74. The molecule has 0 fully saturated rings. The number of aromatic nitrogens is 2. The van der Waals surface area contributed by atoms with E-state index in [4.69, 9.17) is 5.73 Å². The van der Waals surface area contributed by atoms with Crippen molar-refractivity contribution in [1.29, 1.82) is 0 Å². The summed E-state index contributed by atoms with van der Waals surface area (Å²) in [5.74, 6) is 0.0430. The fourth-order valence-electron chi connectivity index (χ4n) is 2.92. The van der Waals surface area contributed by atoms with Gasteiger partial charge in [0.05, 0.1) is 18.7 Å². The standard InChI is InChI=1S/C16H20N4O/c1-20-15-4-2-3-14(13(15)10-18-20)19-16(21)9-11-5-7-12(17)8-6-11/h5-8,10,14H,2-4,9,17H2,1H3,(H,19,21). The van der Waals surface area contributed by atoms with E-state index in [1.54, 1.807) is 0 Å². The van der Waals surface area contributed by atoms with Crippen molar-refractivity contribution in [2.75, 3.05) is 5.73 Å². The van der Waals surface area contributed by atoms with Gasteiger partial charge in [0.25, 0.3) is 0 Å². The minimum absolute atomic E-state index is 0.0430. The van der Waals surface area contributed by atoms with Crippen molar-refractivity contribution >= 4 is 11.6 Å². The molecule has 1 heterocycles. The molecule has 2 aromatic rings. The summed E-state index contributed by atoms with van der Waals surface area (Å²) < 4.78 is 1.91. The number of amides is 1. The number of aryl methyl sites for hydroxylation is 1. The molecule has 21 heavy (non-hydrogen) atoms. The minimum Gasteiger partial charge on any atom is -0.399 e. The molecule has 0 aliphatic heterocycles. The van der Waals surface area contributed by atoms with Crippen molar-refractivity contribution in [3.63, 3.8) is 0 Å². The molecular weight excluding hydrogens is 264 g/mol. The molecule has 1 aromatic heterocycles. The lowest BCUT2D eigenvalue weighted by molar-refractivity contribution is -0.121. The number of nitrogen functional groups attached to an aromatic ring is 1. The molecule has 1 atom stereocenters. The molecule has 0 spiro atoms. The van der Waals surface area contributed by atoms with Gasteiger partial charge in [0.1, 0.15) is 0 Å². The van der Waals surface area contributed by atoms with Crippen molar-refractivity contribution in [2.24, 2.45) is 7.05 Å². The van der Waals surface area contributed by atoms with Crippen LogP contribution in [0.3, 0.4) is 0 Å². The Bertz CT molecular complexity index is 645. The molecule has 5 heteroatoms. The Morgan fingerprint density at radius 1 is 1.43 bits per heavy atom. The topological polar surface area (TPSA) is 72.9 Å². The average Bonchev–Trinajstić information content (AvgIpc) is 2.84. The van der Waals surface area contributed by atoms with Crippen molar-refractivity contribution < 1.29 is 4.79 Å². The van der Waals surface area contributed by atoms with Crippen molar-refractivity contribution in [1.82, 2.24) is 15.1 Å². The molecule has 1 aromatic carbocycles. The van der Waals surface area contributed by atoms with E-state index in [1.165, 1.54) is 5.69 Å². The maximum Gasteiger partial charge on any atom is 0.224 e. The van der Waals surface area contributed by atoms with Crippen LogP contribution in [-0.4, -0.2) is 15.7 Å². The zero-order valence-corrected chi connectivity index (χ0v) is 12.2. The lowest BCUT2D eigenvalue weighted by atomic mass is 9.93. The van der Waals surface area contributed by atoms with E-state index in [0.717, 1.165) is 30.4 Å². The number of carbonyl (C=O) groups excluding carboxylic acids is 1. The summed E-state index contributed by atoms with van der Waals surface area (Å²) in [6, 6.07) is 7.52. The van der Waals surface area contributed by atoms with E-state index in [1.807, 2.05) is 42.2 Å². The number of nitrogens with one attached hydrogen (secondary N) is 1. The van der Waals surface area contributed by atoms with Crippen LogP contribution < -0.4 is 11.1 Å². The van der Waals surface area contributed by atoms with Crippen LogP contribution >= 0.6 is 0 Å². The van der Waals surface area contributed by atoms with Crippen molar-refractivity contribution in [3.05, 3.63) is 47.3 Å². The number of fused-ring (bicyclic) bond motifs is 1. The van der Waals surface area contributed by atoms with Gasteiger partial charge in [-0.2, -0.15) is 5.10 Å². The first-order valence-electron chi connectivity index (χ1n) is 7.28. The predicted molar refractivity (Wildman–Crippen MR) is 81.6 cm³/mol. The lowest BCUT2D eigenvalue weighted by Gasteiger charge is -2.23. The van der Waals surface area contributed by atoms with Crippen LogP contribution in [0, 0.1) is 0 Å². The molecule has 0 bridgehead atoms. The van der Waals surface area contributed by atoms with Crippen LogP contribution in [0.15, 0.2) is 30.5 Å². The molecule has 5 nitrogen and oxygen atoms in total. The number of anilines is 1. The molecule has 0 saturated carbocycles. The maximum absolute atomic E-state index is 12.2. The van der Waals surface area contributed by atoms with Crippen LogP contribution in [-0.2, 0) is 24.7 Å². The Balaban J connectivity index is 1.67. The first kappa shape index (κ1) is 13.7. The van der Waals surface area contributed by atoms with E-state index in [2.05, 4.69) is 10.4 Å². The fourth-order valence-corrected chi connectivity index (χ4v) is 2.92. The largest absolute Gasteiger partial charge is 0.399 e. The van der Waals surface area contributed by atoms with Crippen LogP contribution in [0.25, 0.3) is 0 Å². The summed E-state index contributed by atoms with van der Waals surface area (Å²) in [5, 5.41) is 7.43. The van der Waals surface area contributed by atoms with Gasteiger partial charge in [-0.25, -0.2) is 0 Å².